The number of nitrogens with one attached hydrogen (secondary N) is 1. The van der Waals surface area contributed by atoms with E-state index in [-0.39, 0.29) is 40.0 Å². The zero-order chi connectivity index (χ0) is 17.4. The number of nitrogens with two attached hydrogens (primary N) is 1. The summed E-state index contributed by atoms with van der Waals surface area (Å²) in [6, 6.07) is 1.03. The summed E-state index contributed by atoms with van der Waals surface area (Å²) in [7, 11) is -7.75. The predicted octanol–water partition coefficient (Wildman–Crippen LogP) is 0.243. The van der Waals surface area contributed by atoms with E-state index in [4.69, 9.17) is 5.14 Å². The molecule has 0 radical (unpaired) electrons. The van der Waals surface area contributed by atoms with Gasteiger partial charge in [-0.15, -0.1) is 23.7 Å². The van der Waals surface area contributed by atoms with Crippen LogP contribution in [0.5, 0.6) is 0 Å². The molecule has 1 aromatic rings. The number of fused-ring (bicyclic) bond motifs is 1. The van der Waals surface area contributed by atoms with Crippen molar-refractivity contribution >= 4 is 43.8 Å². The van der Waals surface area contributed by atoms with E-state index in [1.165, 1.54) is 10.4 Å². The van der Waals surface area contributed by atoms with Crippen LogP contribution in [0.2, 0.25) is 0 Å². The first-order valence-electron chi connectivity index (χ1n) is 7.15. The molecule has 0 spiro atoms. The third kappa shape index (κ3) is 4.47. The van der Waals surface area contributed by atoms with Crippen LogP contribution in [0.3, 0.4) is 0 Å². The summed E-state index contributed by atoms with van der Waals surface area (Å²) in [5, 5.41) is 17.7. The fourth-order valence-corrected chi connectivity index (χ4v) is 6.71. The molecule has 1 aliphatic heterocycles. The summed E-state index contributed by atoms with van der Waals surface area (Å²) >= 11 is 0.672. The number of likely N-dealkylation sites (N-methyl/N-ethyl adjacent to an activating group) is 1. The van der Waals surface area contributed by atoms with Gasteiger partial charge in [-0.25, -0.2) is 22.0 Å². The minimum atomic E-state index is -3.96. The van der Waals surface area contributed by atoms with Gasteiger partial charge in [-0.1, -0.05) is 6.92 Å². The van der Waals surface area contributed by atoms with Crippen LogP contribution in [-0.4, -0.2) is 52.0 Å². The van der Waals surface area contributed by atoms with Gasteiger partial charge in [0.05, 0.1) is 6.10 Å². The highest BCUT2D eigenvalue weighted by molar-refractivity contribution is 7.94. The maximum atomic E-state index is 12.7. The molecule has 12 heteroatoms. The lowest BCUT2D eigenvalue weighted by atomic mass is 10.1. The van der Waals surface area contributed by atoms with Crippen molar-refractivity contribution in [2.24, 2.45) is 5.14 Å². The lowest BCUT2D eigenvalue weighted by Crippen LogP contribution is -2.44. The molecule has 0 bridgehead atoms. The summed E-state index contributed by atoms with van der Waals surface area (Å²) in [5.74, 6) is 0. The Hall–Kier alpha value is -0.270. The van der Waals surface area contributed by atoms with E-state index in [1.54, 1.807) is 6.92 Å². The first kappa shape index (κ1) is 21.8. The second kappa shape index (κ2) is 7.96. The Kier molecular flexibility index (Phi) is 7.22. The molecule has 2 unspecified atom stereocenters. The Bertz CT molecular complexity index is 776. The van der Waals surface area contributed by atoms with Gasteiger partial charge in [0.1, 0.15) is 8.42 Å². The first-order chi connectivity index (χ1) is 10.6. The molecule has 0 amide bonds. The number of sulfonamides is 2. The molecule has 2 heterocycles. The van der Waals surface area contributed by atoms with Gasteiger partial charge in [-0.3, -0.25) is 0 Å². The number of thiophene rings is 1. The highest BCUT2D eigenvalue weighted by Crippen LogP contribution is 2.39. The summed E-state index contributed by atoms with van der Waals surface area (Å²) in [5.41, 5.74) is 0.439. The molecule has 0 aliphatic carbocycles. The molecule has 2 atom stereocenters. The minimum absolute atomic E-state index is 0. The molecule has 0 saturated carbocycles. The van der Waals surface area contributed by atoms with E-state index >= 15 is 0 Å². The number of hydrogen-bond donors (Lipinski definition) is 3. The Labute approximate surface area is 152 Å². The number of halogens is 1. The number of rotatable bonds is 6. The SMILES string of the molecule is CCNC1CN(CCC(C)O)S(=O)(=O)c2sc(S(N)(=O)=O)cc21.Cl. The van der Waals surface area contributed by atoms with Crippen molar-refractivity contribution in [3.05, 3.63) is 11.6 Å². The number of hydrogen-bond acceptors (Lipinski definition) is 7. The second-order valence-corrected chi connectivity index (χ2v) is 10.4. The van der Waals surface area contributed by atoms with Gasteiger partial charge in [0.2, 0.25) is 10.0 Å². The Morgan fingerprint density at radius 1 is 1.54 bits per heavy atom. The Morgan fingerprint density at radius 2 is 2.17 bits per heavy atom. The highest BCUT2D eigenvalue weighted by atomic mass is 35.5. The third-order valence-electron chi connectivity index (χ3n) is 3.57. The number of primary sulfonamides is 1. The number of aliphatic hydroxyl groups is 1. The van der Waals surface area contributed by atoms with Gasteiger partial charge >= 0.3 is 0 Å². The van der Waals surface area contributed by atoms with Gasteiger partial charge < -0.3 is 10.4 Å². The Balaban J connectivity index is 0.00000288. The predicted molar refractivity (Wildman–Crippen MR) is 94.4 cm³/mol. The molecular formula is C12H22ClN3O5S3. The normalized spacial score (nSPS) is 21.8. The summed E-state index contributed by atoms with van der Waals surface area (Å²) in [6.07, 6.45) is -0.312. The Morgan fingerprint density at radius 3 is 2.67 bits per heavy atom. The smallest absolute Gasteiger partial charge is 0.252 e. The maximum absolute atomic E-state index is 12.7. The van der Waals surface area contributed by atoms with Gasteiger partial charge in [0, 0.05) is 24.7 Å². The monoisotopic (exact) mass is 419 g/mol. The standard InChI is InChI=1S/C12H21N3O5S3.ClH/c1-3-14-10-7-15(5-4-8(2)16)23(19,20)12-9(10)6-11(21-12)22(13,17)18;/h6,8,10,14,16H,3-5,7H2,1-2H3,(H2,13,17,18);1H. The van der Waals surface area contributed by atoms with E-state index in [2.05, 4.69) is 5.32 Å². The number of aliphatic hydroxyl groups excluding tert-OH is 1. The topological polar surface area (TPSA) is 130 Å². The van der Waals surface area contributed by atoms with E-state index in [1.807, 2.05) is 6.92 Å². The fraction of sp³-hybridized carbons (Fsp3) is 0.667. The zero-order valence-corrected chi connectivity index (χ0v) is 16.6. The molecule has 0 aromatic carbocycles. The van der Waals surface area contributed by atoms with Crippen molar-refractivity contribution < 1.29 is 21.9 Å². The lowest BCUT2D eigenvalue weighted by molar-refractivity contribution is 0.172. The fourth-order valence-electron chi connectivity index (χ4n) is 2.43. The molecule has 0 saturated heterocycles. The largest absolute Gasteiger partial charge is 0.393 e. The molecule has 1 aliphatic rings. The molecule has 1 aromatic heterocycles. The highest BCUT2D eigenvalue weighted by Gasteiger charge is 2.39. The minimum Gasteiger partial charge on any atom is -0.393 e. The summed E-state index contributed by atoms with van der Waals surface area (Å²) in [4.78, 5) is 0. The van der Waals surface area contributed by atoms with E-state index in [9.17, 15) is 21.9 Å². The first-order valence-corrected chi connectivity index (χ1v) is 11.0. The van der Waals surface area contributed by atoms with Crippen LogP contribution >= 0.6 is 23.7 Å². The summed E-state index contributed by atoms with van der Waals surface area (Å²) < 4.78 is 49.6. The molecule has 140 valence electrons. The molecule has 4 N–H and O–H groups in total. The molecule has 2 rings (SSSR count). The van der Waals surface area contributed by atoms with Gasteiger partial charge in [0.25, 0.3) is 10.0 Å². The lowest BCUT2D eigenvalue weighted by Gasteiger charge is -2.32. The van der Waals surface area contributed by atoms with E-state index in [0.29, 0.717) is 29.9 Å². The molecule has 24 heavy (non-hydrogen) atoms. The van der Waals surface area contributed by atoms with Crippen LogP contribution in [-0.2, 0) is 20.0 Å². The van der Waals surface area contributed by atoms with Crippen LogP contribution in [0.15, 0.2) is 14.5 Å². The van der Waals surface area contributed by atoms with Crippen LogP contribution < -0.4 is 10.5 Å². The van der Waals surface area contributed by atoms with Crippen molar-refractivity contribution in [2.75, 3.05) is 19.6 Å². The van der Waals surface area contributed by atoms with Crippen molar-refractivity contribution in [1.29, 1.82) is 0 Å². The average molecular weight is 420 g/mol. The molecular weight excluding hydrogens is 398 g/mol. The van der Waals surface area contributed by atoms with Crippen molar-refractivity contribution in [3.63, 3.8) is 0 Å². The third-order valence-corrected chi connectivity index (χ3v) is 8.53. The molecule has 8 nitrogen and oxygen atoms in total. The van der Waals surface area contributed by atoms with E-state index < -0.39 is 26.2 Å². The van der Waals surface area contributed by atoms with Gasteiger partial charge in [-0.05, 0) is 26.0 Å². The van der Waals surface area contributed by atoms with Crippen LogP contribution in [0, 0.1) is 0 Å². The van der Waals surface area contributed by atoms with Crippen LogP contribution in [0.1, 0.15) is 31.9 Å². The van der Waals surface area contributed by atoms with E-state index in [0.717, 1.165) is 0 Å². The van der Waals surface area contributed by atoms with Crippen LogP contribution in [0.4, 0.5) is 0 Å². The molecule has 0 fully saturated rings. The average Bonchev–Trinajstić information content (AvgIpc) is 2.87. The van der Waals surface area contributed by atoms with Crippen molar-refractivity contribution in [3.8, 4) is 0 Å². The van der Waals surface area contributed by atoms with Crippen molar-refractivity contribution in [2.45, 2.75) is 40.8 Å². The zero-order valence-electron chi connectivity index (χ0n) is 13.3. The maximum Gasteiger partial charge on any atom is 0.252 e. The van der Waals surface area contributed by atoms with Crippen molar-refractivity contribution in [1.82, 2.24) is 9.62 Å². The second-order valence-electron chi connectivity index (χ2n) is 5.46. The quantitative estimate of drug-likeness (QED) is 0.605. The number of nitrogens with zero attached hydrogens (tertiary/aromatic N) is 1. The van der Waals surface area contributed by atoms with Gasteiger partial charge in [-0.2, -0.15) is 4.31 Å². The van der Waals surface area contributed by atoms with Gasteiger partial charge in [0.15, 0.2) is 0 Å². The summed E-state index contributed by atoms with van der Waals surface area (Å²) in [6.45, 7) is 4.44. The van der Waals surface area contributed by atoms with Crippen LogP contribution in [0.25, 0.3) is 0 Å².